The Balaban J connectivity index is 2.33. The SMILES string of the molecule is Cc1cn([C@H]2CC=C(CO)O2)c(=O)[nH]c1=O. The molecule has 1 aliphatic heterocycles. The molecule has 2 rings (SSSR count). The summed E-state index contributed by atoms with van der Waals surface area (Å²) in [5, 5.41) is 8.86. The van der Waals surface area contributed by atoms with Gasteiger partial charge in [0.05, 0.1) is 0 Å². The summed E-state index contributed by atoms with van der Waals surface area (Å²) in [4.78, 5) is 24.9. The average Bonchev–Trinajstić information content (AvgIpc) is 2.71. The Hall–Kier alpha value is -1.82. The highest BCUT2D eigenvalue weighted by Gasteiger charge is 2.20. The summed E-state index contributed by atoms with van der Waals surface area (Å²) in [5.74, 6) is 0.445. The third-order valence-corrected chi connectivity index (χ3v) is 2.45. The van der Waals surface area contributed by atoms with E-state index in [0.717, 1.165) is 0 Å². The smallest absolute Gasteiger partial charge is 0.331 e. The number of aliphatic hydroxyl groups is 1. The molecule has 6 heteroatoms. The standard InChI is InChI=1S/C10H12N2O4/c1-6-4-12(10(15)11-9(6)14)8-3-2-7(5-13)16-8/h2,4,8,13H,3,5H2,1H3,(H,11,14,15)/t8-/m1/s1. The normalized spacial score (nSPS) is 19.4. The molecule has 0 aromatic carbocycles. The fourth-order valence-corrected chi connectivity index (χ4v) is 1.58. The first kappa shape index (κ1) is 10.7. The van der Waals surface area contributed by atoms with Crippen molar-refractivity contribution in [2.24, 2.45) is 0 Å². The molecule has 0 saturated carbocycles. The molecule has 1 aromatic rings. The highest BCUT2D eigenvalue weighted by Crippen LogP contribution is 2.23. The predicted octanol–water partition coefficient (Wildman–Crippen LogP) is -0.360. The number of nitrogens with one attached hydrogen (secondary N) is 1. The summed E-state index contributed by atoms with van der Waals surface area (Å²) in [7, 11) is 0. The topological polar surface area (TPSA) is 84.3 Å². The van der Waals surface area contributed by atoms with E-state index in [-0.39, 0.29) is 6.61 Å². The molecule has 0 spiro atoms. The number of hydrogen-bond donors (Lipinski definition) is 2. The summed E-state index contributed by atoms with van der Waals surface area (Å²) in [6, 6.07) is 0. The summed E-state index contributed by atoms with van der Waals surface area (Å²) < 4.78 is 6.64. The van der Waals surface area contributed by atoms with Crippen molar-refractivity contribution in [3.63, 3.8) is 0 Å². The first-order valence-corrected chi connectivity index (χ1v) is 4.90. The van der Waals surface area contributed by atoms with Crippen LogP contribution in [0.5, 0.6) is 0 Å². The zero-order chi connectivity index (χ0) is 11.7. The number of aryl methyl sites for hydroxylation is 1. The Kier molecular flexibility index (Phi) is 2.66. The van der Waals surface area contributed by atoms with Crippen LogP contribution in [0.4, 0.5) is 0 Å². The minimum atomic E-state index is -0.506. The molecule has 6 nitrogen and oxygen atoms in total. The summed E-state index contributed by atoms with van der Waals surface area (Å²) in [5.41, 5.74) is -0.455. The monoisotopic (exact) mass is 224 g/mol. The van der Waals surface area contributed by atoms with Crippen molar-refractivity contribution in [3.05, 3.63) is 44.4 Å². The van der Waals surface area contributed by atoms with Gasteiger partial charge in [-0.2, -0.15) is 0 Å². The van der Waals surface area contributed by atoms with E-state index in [4.69, 9.17) is 9.84 Å². The van der Waals surface area contributed by atoms with E-state index >= 15 is 0 Å². The van der Waals surface area contributed by atoms with E-state index in [1.54, 1.807) is 13.0 Å². The molecule has 0 aliphatic carbocycles. The molecule has 2 N–H and O–H groups in total. The van der Waals surface area contributed by atoms with Gasteiger partial charge in [0.15, 0.2) is 6.23 Å². The Labute approximate surface area is 90.8 Å². The van der Waals surface area contributed by atoms with Crippen molar-refractivity contribution >= 4 is 0 Å². The second kappa shape index (κ2) is 3.97. The Morgan fingerprint density at radius 3 is 3.00 bits per heavy atom. The number of nitrogens with zero attached hydrogens (tertiary/aromatic N) is 1. The van der Waals surface area contributed by atoms with Gasteiger partial charge in [-0.3, -0.25) is 14.3 Å². The molecule has 0 saturated heterocycles. The van der Waals surface area contributed by atoms with E-state index in [0.29, 0.717) is 17.7 Å². The molecule has 16 heavy (non-hydrogen) atoms. The number of rotatable bonds is 2. The first-order chi connectivity index (χ1) is 7.61. The minimum absolute atomic E-state index is 0.187. The summed E-state index contributed by atoms with van der Waals surface area (Å²) in [6.45, 7) is 1.43. The maximum absolute atomic E-state index is 11.5. The van der Waals surface area contributed by atoms with Crippen molar-refractivity contribution in [3.8, 4) is 0 Å². The second-order valence-corrected chi connectivity index (χ2v) is 3.62. The number of ether oxygens (including phenoxy) is 1. The van der Waals surface area contributed by atoms with Crippen molar-refractivity contribution in [2.75, 3.05) is 6.61 Å². The van der Waals surface area contributed by atoms with Crippen LogP contribution in [0.3, 0.4) is 0 Å². The maximum atomic E-state index is 11.5. The van der Waals surface area contributed by atoms with Gasteiger partial charge in [-0.1, -0.05) is 0 Å². The molecule has 1 atom stereocenters. The fraction of sp³-hybridized carbons (Fsp3) is 0.400. The van der Waals surface area contributed by atoms with Crippen LogP contribution < -0.4 is 11.2 Å². The quantitative estimate of drug-likeness (QED) is 0.718. The molecule has 1 aromatic heterocycles. The van der Waals surface area contributed by atoms with Crippen LogP contribution in [0.25, 0.3) is 0 Å². The molecule has 0 radical (unpaired) electrons. The lowest BCUT2D eigenvalue weighted by Gasteiger charge is -2.15. The Morgan fingerprint density at radius 1 is 1.62 bits per heavy atom. The van der Waals surface area contributed by atoms with Gasteiger partial charge >= 0.3 is 5.69 Å². The van der Waals surface area contributed by atoms with Gasteiger partial charge in [0, 0.05) is 18.2 Å². The summed E-state index contributed by atoms with van der Waals surface area (Å²) in [6.07, 6.45) is 3.20. The van der Waals surface area contributed by atoms with E-state index in [1.807, 2.05) is 0 Å². The molecule has 1 aliphatic rings. The lowest BCUT2D eigenvalue weighted by molar-refractivity contribution is 0.0590. The van der Waals surface area contributed by atoms with Gasteiger partial charge in [-0.15, -0.1) is 0 Å². The van der Waals surface area contributed by atoms with Gasteiger partial charge in [0.2, 0.25) is 0 Å². The molecule has 0 amide bonds. The fourth-order valence-electron chi connectivity index (χ4n) is 1.58. The summed E-state index contributed by atoms with van der Waals surface area (Å²) >= 11 is 0. The van der Waals surface area contributed by atoms with Crippen LogP contribution in [0.2, 0.25) is 0 Å². The highest BCUT2D eigenvalue weighted by atomic mass is 16.5. The van der Waals surface area contributed by atoms with Crippen molar-refractivity contribution < 1.29 is 9.84 Å². The Morgan fingerprint density at radius 2 is 2.38 bits per heavy atom. The maximum Gasteiger partial charge on any atom is 0.331 e. The molecular formula is C10H12N2O4. The zero-order valence-corrected chi connectivity index (χ0v) is 8.77. The van der Waals surface area contributed by atoms with Crippen molar-refractivity contribution in [2.45, 2.75) is 19.6 Å². The lowest BCUT2D eigenvalue weighted by Crippen LogP contribution is -2.33. The number of hydrogen-bond acceptors (Lipinski definition) is 4. The number of aromatic amines is 1. The van der Waals surface area contributed by atoms with Crippen molar-refractivity contribution in [1.82, 2.24) is 9.55 Å². The molecule has 86 valence electrons. The van der Waals surface area contributed by atoms with Crippen LogP contribution >= 0.6 is 0 Å². The third-order valence-electron chi connectivity index (χ3n) is 2.45. The lowest BCUT2D eigenvalue weighted by atomic mass is 10.3. The van der Waals surface area contributed by atoms with E-state index in [9.17, 15) is 9.59 Å². The van der Waals surface area contributed by atoms with Crippen LogP contribution in [-0.4, -0.2) is 21.3 Å². The predicted molar refractivity (Wildman–Crippen MR) is 56.0 cm³/mol. The van der Waals surface area contributed by atoms with Crippen LogP contribution in [-0.2, 0) is 4.74 Å². The zero-order valence-electron chi connectivity index (χ0n) is 8.77. The van der Waals surface area contributed by atoms with Gasteiger partial charge < -0.3 is 9.84 Å². The third kappa shape index (κ3) is 1.79. The molecule has 0 fully saturated rings. The van der Waals surface area contributed by atoms with Gasteiger partial charge in [0.25, 0.3) is 5.56 Å². The Bertz CT molecular complexity index is 540. The van der Waals surface area contributed by atoms with E-state index in [1.165, 1.54) is 10.8 Å². The number of aromatic nitrogens is 2. The van der Waals surface area contributed by atoms with Gasteiger partial charge in [0.1, 0.15) is 12.4 Å². The van der Waals surface area contributed by atoms with Crippen LogP contribution in [0.15, 0.2) is 27.6 Å². The van der Waals surface area contributed by atoms with E-state index in [2.05, 4.69) is 4.98 Å². The molecular weight excluding hydrogens is 212 g/mol. The van der Waals surface area contributed by atoms with Crippen LogP contribution in [0, 0.1) is 6.92 Å². The first-order valence-electron chi connectivity index (χ1n) is 4.90. The minimum Gasteiger partial charge on any atom is -0.472 e. The van der Waals surface area contributed by atoms with Crippen molar-refractivity contribution in [1.29, 1.82) is 0 Å². The number of H-pyrrole nitrogens is 1. The van der Waals surface area contributed by atoms with Gasteiger partial charge in [-0.25, -0.2) is 4.79 Å². The van der Waals surface area contributed by atoms with Gasteiger partial charge in [-0.05, 0) is 13.0 Å². The van der Waals surface area contributed by atoms with E-state index < -0.39 is 17.5 Å². The average molecular weight is 224 g/mol. The molecule has 2 heterocycles. The van der Waals surface area contributed by atoms with Crippen LogP contribution in [0.1, 0.15) is 18.2 Å². The number of aliphatic hydroxyl groups excluding tert-OH is 1. The molecule has 0 bridgehead atoms. The molecule has 0 unspecified atom stereocenters. The second-order valence-electron chi connectivity index (χ2n) is 3.62. The largest absolute Gasteiger partial charge is 0.472 e. The highest BCUT2D eigenvalue weighted by molar-refractivity contribution is 5.05.